The van der Waals surface area contributed by atoms with Gasteiger partial charge >= 0.3 is 5.97 Å². The first-order valence-electron chi connectivity index (χ1n) is 8.48. The molecule has 1 aromatic carbocycles. The molecule has 0 spiro atoms. The van der Waals surface area contributed by atoms with Crippen molar-refractivity contribution < 1.29 is 27.8 Å². The Hall–Kier alpha value is -1.48. The van der Waals surface area contributed by atoms with Crippen LogP contribution in [0.5, 0.6) is 0 Å². The summed E-state index contributed by atoms with van der Waals surface area (Å²) >= 11 is 0. The number of aliphatic hydroxyl groups excluding tert-OH is 1. The van der Waals surface area contributed by atoms with Gasteiger partial charge in [0.05, 0.1) is 23.7 Å². The first-order chi connectivity index (χ1) is 12.0. The summed E-state index contributed by atoms with van der Waals surface area (Å²) in [5.74, 6) is -0.699. The summed E-state index contributed by atoms with van der Waals surface area (Å²) in [5.41, 5.74) is 0.0354. The summed E-state index contributed by atoms with van der Waals surface area (Å²) in [6.45, 7) is 5.31. The molecule has 0 saturated carbocycles. The minimum Gasteiger partial charge on any atom is -0.468 e. The maximum Gasteiger partial charge on any atom is 0.323 e. The molecule has 1 fully saturated rings. The molecule has 2 rings (SSSR count). The first-order valence-corrected chi connectivity index (χ1v) is 10.2. The minimum absolute atomic E-state index is 0.00613. The van der Waals surface area contributed by atoms with Crippen molar-refractivity contribution in [3.05, 3.63) is 35.9 Å². The number of esters is 1. The third-order valence-corrected chi connectivity index (χ3v) is 6.33. The summed E-state index contributed by atoms with van der Waals surface area (Å²) < 4.78 is 35.9. The Balaban J connectivity index is 2.19. The fraction of sp³-hybridized carbons (Fsp3) is 0.611. The Morgan fingerprint density at radius 1 is 1.31 bits per heavy atom. The number of ether oxygens (including phenoxy) is 2. The highest BCUT2D eigenvalue weighted by Gasteiger charge is 2.46. The van der Waals surface area contributed by atoms with Crippen molar-refractivity contribution in [2.24, 2.45) is 0 Å². The van der Waals surface area contributed by atoms with Gasteiger partial charge in [0.25, 0.3) is 0 Å². The van der Waals surface area contributed by atoms with Gasteiger partial charge in [-0.05, 0) is 32.8 Å². The normalized spacial score (nSPS) is 23.0. The molecule has 0 bridgehead atoms. The average Bonchev–Trinajstić information content (AvgIpc) is 2.99. The highest BCUT2D eigenvalue weighted by molar-refractivity contribution is 7.91. The third-order valence-electron chi connectivity index (χ3n) is 4.24. The predicted molar refractivity (Wildman–Crippen MR) is 96.8 cm³/mol. The van der Waals surface area contributed by atoms with Crippen LogP contribution in [0.2, 0.25) is 0 Å². The number of carbonyl (C=O) groups is 1. The van der Waals surface area contributed by atoms with Crippen LogP contribution in [0.1, 0.15) is 32.8 Å². The minimum atomic E-state index is -3.51. The first kappa shape index (κ1) is 20.8. The van der Waals surface area contributed by atoms with E-state index in [-0.39, 0.29) is 18.7 Å². The molecule has 0 radical (unpaired) electrons. The van der Waals surface area contributed by atoms with E-state index in [9.17, 15) is 18.3 Å². The molecule has 3 atom stereocenters. The summed E-state index contributed by atoms with van der Waals surface area (Å²) in [5, 5.41) is 9.59. The van der Waals surface area contributed by atoms with Crippen LogP contribution in [0.15, 0.2) is 30.3 Å². The Morgan fingerprint density at radius 3 is 2.46 bits per heavy atom. The van der Waals surface area contributed by atoms with Gasteiger partial charge in [0.1, 0.15) is 6.04 Å². The van der Waals surface area contributed by atoms with Gasteiger partial charge in [0.2, 0.25) is 6.41 Å². The van der Waals surface area contributed by atoms with E-state index in [1.807, 2.05) is 6.07 Å². The highest BCUT2D eigenvalue weighted by Crippen LogP contribution is 2.29. The Labute approximate surface area is 154 Å². The maximum atomic E-state index is 12.8. The Bertz CT molecular complexity index is 713. The van der Waals surface area contributed by atoms with Crippen LogP contribution in [0.3, 0.4) is 0 Å². The molecule has 146 valence electrons. The Morgan fingerprint density at radius 2 is 1.92 bits per heavy atom. The van der Waals surface area contributed by atoms with Gasteiger partial charge in [0.15, 0.2) is 9.84 Å². The van der Waals surface area contributed by atoms with Crippen molar-refractivity contribution in [3.8, 4) is 0 Å². The second kappa shape index (κ2) is 8.04. The van der Waals surface area contributed by atoms with Crippen molar-refractivity contribution >= 4 is 15.8 Å². The second-order valence-electron chi connectivity index (χ2n) is 7.44. The molecule has 7 nitrogen and oxygen atoms in total. The number of methoxy groups -OCH3 is 1. The number of likely N-dealkylation sites (tertiary alicyclic amines) is 1. The van der Waals surface area contributed by atoms with Gasteiger partial charge in [-0.2, -0.15) is 0 Å². The molecule has 0 aromatic heterocycles. The van der Waals surface area contributed by atoms with Crippen LogP contribution in [-0.4, -0.2) is 61.4 Å². The van der Waals surface area contributed by atoms with E-state index in [0.717, 1.165) is 0 Å². The Kier molecular flexibility index (Phi) is 6.44. The zero-order valence-electron chi connectivity index (χ0n) is 15.6. The highest BCUT2D eigenvalue weighted by atomic mass is 32.2. The van der Waals surface area contributed by atoms with E-state index in [1.54, 1.807) is 45.0 Å². The maximum absolute atomic E-state index is 12.8. The molecule has 1 aliphatic heterocycles. The SMILES string of the molecule is COC(=O)[C@@H]1C[C@@H](S(=O)(=O)Cc2ccccc2)CN1C(O)OC(C)(C)C. The molecule has 1 unspecified atom stereocenters. The number of nitrogens with zero attached hydrogens (tertiary/aromatic N) is 1. The number of sulfone groups is 1. The smallest absolute Gasteiger partial charge is 0.323 e. The van der Waals surface area contributed by atoms with E-state index >= 15 is 0 Å². The summed E-state index contributed by atoms with van der Waals surface area (Å²) in [6.07, 6.45) is -1.33. The second-order valence-corrected chi connectivity index (χ2v) is 9.72. The van der Waals surface area contributed by atoms with Crippen LogP contribution in [0.25, 0.3) is 0 Å². The number of hydrogen-bond donors (Lipinski definition) is 1. The van der Waals surface area contributed by atoms with Crippen LogP contribution >= 0.6 is 0 Å². The van der Waals surface area contributed by atoms with Gasteiger partial charge in [-0.15, -0.1) is 0 Å². The van der Waals surface area contributed by atoms with Crippen molar-refractivity contribution in [2.75, 3.05) is 13.7 Å². The van der Waals surface area contributed by atoms with Gasteiger partial charge < -0.3 is 14.6 Å². The number of rotatable bonds is 6. The molecule has 1 aromatic rings. The van der Waals surface area contributed by atoms with E-state index in [1.165, 1.54) is 12.0 Å². The fourth-order valence-corrected chi connectivity index (χ4v) is 4.77. The largest absolute Gasteiger partial charge is 0.468 e. The quantitative estimate of drug-likeness (QED) is 0.583. The summed E-state index contributed by atoms with van der Waals surface area (Å²) in [4.78, 5) is 13.5. The molecule has 0 amide bonds. The summed E-state index contributed by atoms with van der Waals surface area (Å²) in [7, 11) is -2.27. The molecule has 1 saturated heterocycles. The third kappa shape index (κ3) is 5.26. The number of aliphatic hydroxyl groups is 1. The van der Waals surface area contributed by atoms with Gasteiger partial charge in [-0.3, -0.25) is 4.79 Å². The van der Waals surface area contributed by atoms with Crippen LogP contribution in [0, 0.1) is 0 Å². The monoisotopic (exact) mass is 385 g/mol. The standard InChI is InChI=1S/C18H27NO6S/c1-18(2,3)25-17(21)19-11-14(10-15(19)16(20)24-4)26(22,23)12-13-8-6-5-7-9-13/h5-9,14-15,17,21H,10-12H2,1-4H3/t14-,15+,17?/m1/s1. The van der Waals surface area contributed by atoms with E-state index in [0.29, 0.717) is 5.56 Å². The molecule has 1 N–H and O–H groups in total. The molecule has 26 heavy (non-hydrogen) atoms. The van der Waals surface area contributed by atoms with E-state index in [2.05, 4.69) is 0 Å². The topological polar surface area (TPSA) is 93.1 Å². The van der Waals surface area contributed by atoms with Gasteiger partial charge in [-0.1, -0.05) is 30.3 Å². The molecule has 1 heterocycles. The molecule has 8 heteroatoms. The number of carbonyl (C=O) groups excluding carboxylic acids is 1. The molecule has 1 aliphatic rings. The zero-order valence-corrected chi connectivity index (χ0v) is 16.4. The summed E-state index contributed by atoms with van der Waals surface area (Å²) in [6, 6.07) is 8.02. The van der Waals surface area contributed by atoms with Crippen LogP contribution in [0.4, 0.5) is 0 Å². The lowest BCUT2D eigenvalue weighted by Crippen LogP contribution is -2.47. The van der Waals surface area contributed by atoms with Gasteiger partial charge in [0, 0.05) is 6.54 Å². The molecular formula is C18H27NO6S. The van der Waals surface area contributed by atoms with Crippen molar-refractivity contribution in [2.45, 2.75) is 56.3 Å². The molecular weight excluding hydrogens is 358 g/mol. The van der Waals surface area contributed by atoms with Crippen molar-refractivity contribution in [3.63, 3.8) is 0 Å². The van der Waals surface area contributed by atoms with Crippen LogP contribution < -0.4 is 0 Å². The lowest BCUT2D eigenvalue weighted by atomic mass is 10.2. The zero-order chi connectivity index (χ0) is 19.5. The molecule has 0 aliphatic carbocycles. The van der Waals surface area contributed by atoms with Crippen LogP contribution in [-0.2, 0) is 29.9 Å². The fourth-order valence-electron chi connectivity index (χ4n) is 3.00. The van der Waals surface area contributed by atoms with Crippen molar-refractivity contribution in [1.29, 1.82) is 0 Å². The predicted octanol–water partition coefficient (Wildman–Crippen LogP) is 1.31. The lowest BCUT2D eigenvalue weighted by Gasteiger charge is -2.32. The lowest BCUT2D eigenvalue weighted by molar-refractivity contribution is -0.243. The number of benzene rings is 1. The van der Waals surface area contributed by atoms with Gasteiger partial charge in [-0.25, -0.2) is 13.3 Å². The van der Waals surface area contributed by atoms with Crippen molar-refractivity contribution in [1.82, 2.24) is 4.90 Å². The number of hydrogen-bond acceptors (Lipinski definition) is 7. The average molecular weight is 385 g/mol. The van der Waals surface area contributed by atoms with E-state index < -0.39 is 39.1 Å². The van der Waals surface area contributed by atoms with E-state index in [4.69, 9.17) is 9.47 Å².